The van der Waals surface area contributed by atoms with Crippen molar-refractivity contribution in [1.29, 1.82) is 0 Å². The number of rotatable bonds is 5. The Kier molecular flexibility index (Phi) is 5.46. The molecule has 1 atom stereocenters. The molecule has 0 bridgehead atoms. The Morgan fingerprint density at radius 1 is 1.29 bits per heavy atom. The van der Waals surface area contributed by atoms with E-state index < -0.39 is 10.0 Å². The molecule has 2 rings (SSSR count). The third-order valence-electron chi connectivity index (χ3n) is 4.53. The number of sulfonamides is 1. The standard InChI is InChI=1S/C15H27N3O2S/c1-3-13-6-5-8-18(9-7-13)21(19,20)15-10-14(11-16)17(4-2)12-15/h10,12-13H,3-9,11,16H2,1-2H3. The van der Waals surface area contributed by atoms with Crippen LogP contribution in [0.2, 0.25) is 0 Å². The summed E-state index contributed by atoms with van der Waals surface area (Å²) in [6.45, 7) is 6.54. The second-order valence-electron chi connectivity index (χ2n) is 5.77. The summed E-state index contributed by atoms with van der Waals surface area (Å²) in [5, 5.41) is 0. The average Bonchev–Trinajstić information content (AvgIpc) is 2.76. The van der Waals surface area contributed by atoms with E-state index >= 15 is 0 Å². The predicted molar refractivity (Wildman–Crippen MR) is 84.4 cm³/mol. The molecule has 1 aromatic heterocycles. The first-order valence-corrected chi connectivity index (χ1v) is 9.36. The Balaban J connectivity index is 2.23. The Morgan fingerprint density at radius 2 is 2.05 bits per heavy atom. The number of nitrogens with zero attached hydrogens (tertiary/aromatic N) is 2. The molecule has 1 unspecified atom stereocenters. The van der Waals surface area contributed by atoms with Crippen molar-refractivity contribution in [2.75, 3.05) is 13.1 Å². The Hall–Kier alpha value is -0.850. The van der Waals surface area contributed by atoms with Crippen LogP contribution >= 0.6 is 0 Å². The largest absolute Gasteiger partial charge is 0.349 e. The normalized spacial score (nSPS) is 21.4. The van der Waals surface area contributed by atoms with E-state index in [0.717, 1.165) is 37.9 Å². The molecular weight excluding hydrogens is 286 g/mol. The van der Waals surface area contributed by atoms with Crippen molar-refractivity contribution in [2.24, 2.45) is 11.7 Å². The van der Waals surface area contributed by atoms with Crippen LogP contribution in [0.15, 0.2) is 17.2 Å². The molecule has 1 aliphatic heterocycles. The summed E-state index contributed by atoms with van der Waals surface area (Å²) in [6.07, 6.45) is 5.91. The number of nitrogens with two attached hydrogens (primary N) is 1. The first-order chi connectivity index (χ1) is 10.0. The monoisotopic (exact) mass is 313 g/mol. The molecule has 0 saturated carbocycles. The van der Waals surface area contributed by atoms with E-state index in [1.165, 1.54) is 0 Å². The molecule has 1 aromatic rings. The van der Waals surface area contributed by atoms with Crippen molar-refractivity contribution < 1.29 is 8.42 Å². The first-order valence-electron chi connectivity index (χ1n) is 7.92. The van der Waals surface area contributed by atoms with Crippen molar-refractivity contribution >= 4 is 10.0 Å². The minimum absolute atomic E-state index is 0.362. The minimum atomic E-state index is -3.38. The lowest BCUT2D eigenvalue weighted by molar-refractivity contribution is 0.407. The van der Waals surface area contributed by atoms with Gasteiger partial charge in [-0.1, -0.05) is 13.3 Å². The Labute approximate surface area is 128 Å². The van der Waals surface area contributed by atoms with Crippen molar-refractivity contribution in [1.82, 2.24) is 8.87 Å². The lowest BCUT2D eigenvalue weighted by Gasteiger charge is -2.19. The van der Waals surface area contributed by atoms with Gasteiger partial charge in [0.2, 0.25) is 10.0 Å². The lowest BCUT2D eigenvalue weighted by Crippen LogP contribution is -2.31. The lowest BCUT2D eigenvalue weighted by atomic mass is 9.98. The summed E-state index contributed by atoms with van der Waals surface area (Å²) in [5.41, 5.74) is 6.57. The number of hydrogen-bond acceptors (Lipinski definition) is 3. The fourth-order valence-corrected chi connectivity index (χ4v) is 4.63. The number of hydrogen-bond donors (Lipinski definition) is 1. The van der Waals surface area contributed by atoms with Gasteiger partial charge in [0.05, 0.1) is 0 Å². The van der Waals surface area contributed by atoms with E-state index in [1.54, 1.807) is 16.6 Å². The van der Waals surface area contributed by atoms with Crippen molar-refractivity contribution in [2.45, 2.75) is 57.5 Å². The van der Waals surface area contributed by atoms with Crippen LogP contribution < -0.4 is 5.73 Å². The van der Waals surface area contributed by atoms with Crippen molar-refractivity contribution in [3.63, 3.8) is 0 Å². The van der Waals surface area contributed by atoms with Crippen LogP contribution in [-0.4, -0.2) is 30.4 Å². The second-order valence-corrected chi connectivity index (χ2v) is 7.70. The summed E-state index contributed by atoms with van der Waals surface area (Å²) in [6, 6.07) is 1.72. The van der Waals surface area contributed by atoms with E-state index in [0.29, 0.717) is 30.4 Å². The van der Waals surface area contributed by atoms with Crippen molar-refractivity contribution in [3.8, 4) is 0 Å². The van der Waals surface area contributed by atoms with Gasteiger partial charge in [0.1, 0.15) is 4.90 Å². The van der Waals surface area contributed by atoms with E-state index in [2.05, 4.69) is 6.92 Å². The molecule has 1 fully saturated rings. The first kappa shape index (κ1) is 16.5. The zero-order valence-electron chi connectivity index (χ0n) is 13.1. The molecule has 6 heteroatoms. The maximum Gasteiger partial charge on any atom is 0.244 e. The Morgan fingerprint density at radius 3 is 2.62 bits per heavy atom. The SMILES string of the molecule is CCC1CCCN(S(=O)(=O)c2cc(CN)n(CC)c2)CC1. The van der Waals surface area contributed by atoms with E-state index in [9.17, 15) is 8.42 Å². The molecule has 2 heterocycles. The molecule has 1 aliphatic rings. The second kappa shape index (κ2) is 6.94. The molecule has 2 N–H and O–H groups in total. The topological polar surface area (TPSA) is 68.3 Å². The van der Waals surface area contributed by atoms with E-state index in [-0.39, 0.29) is 0 Å². The predicted octanol–water partition coefficient (Wildman–Crippen LogP) is 2.17. The maximum atomic E-state index is 12.8. The summed E-state index contributed by atoms with van der Waals surface area (Å²) in [5.74, 6) is 0.657. The average molecular weight is 313 g/mol. The quantitative estimate of drug-likeness (QED) is 0.906. The summed E-state index contributed by atoms with van der Waals surface area (Å²) in [7, 11) is -3.38. The van der Waals surface area contributed by atoms with Crippen LogP contribution in [-0.2, 0) is 23.1 Å². The zero-order valence-corrected chi connectivity index (χ0v) is 13.9. The van der Waals surface area contributed by atoms with Gasteiger partial charge >= 0.3 is 0 Å². The van der Waals surface area contributed by atoms with E-state index in [1.807, 2.05) is 11.5 Å². The van der Waals surface area contributed by atoms with Gasteiger partial charge in [0, 0.05) is 38.1 Å². The molecule has 0 aliphatic carbocycles. The van der Waals surface area contributed by atoms with Crippen LogP contribution in [0.3, 0.4) is 0 Å². The van der Waals surface area contributed by atoms with Crippen LogP contribution in [0.5, 0.6) is 0 Å². The summed E-state index contributed by atoms with van der Waals surface area (Å²) >= 11 is 0. The third kappa shape index (κ3) is 3.49. The summed E-state index contributed by atoms with van der Waals surface area (Å²) < 4.78 is 29.2. The molecule has 0 spiro atoms. The highest BCUT2D eigenvalue weighted by Crippen LogP contribution is 2.25. The number of aromatic nitrogens is 1. The smallest absolute Gasteiger partial charge is 0.244 e. The van der Waals surface area contributed by atoms with Gasteiger partial charge in [0.25, 0.3) is 0 Å². The van der Waals surface area contributed by atoms with E-state index in [4.69, 9.17) is 5.73 Å². The fraction of sp³-hybridized carbons (Fsp3) is 0.733. The zero-order chi connectivity index (χ0) is 15.5. The minimum Gasteiger partial charge on any atom is -0.349 e. The third-order valence-corrected chi connectivity index (χ3v) is 6.40. The van der Waals surface area contributed by atoms with Gasteiger partial charge in [-0.2, -0.15) is 4.31 Å². The fourth-order valence-electron chi connectivity index (χ4n) is 3.07. The summed E-state index contributed by atoms with van der Waals surface area (Å²) in [4.78, 5) is 0.389. The van der Waals surface area contributed by atoms with Crippen LogP contribution in [0.1, 0.15) is 45.2 Å². The molecule has 0 aromatic carbocycles. The molecule has 0 radical (unpaired) electrons. The van der Waals surface area contributed by atoms with Gasteiger partial charge in [0.15, 0.2) is 0 Å². The molecule has 0 amide bonds. The van der Waals surface area contributed by atoms with Gasteiger partial charge in [-0.15, -0.1) is 0 Å². The van der Waals surface area contributed by atoms with Gasteiger partial charge < -0.3 is 10.3 Å². The van der Waals surface area contributed by atoms with Gasteiger partial charge in [-0.3, -0.25) is 0 Å². The molecule has 5 nitrogen and oxygen atoms in total. The number of aryl methyl sites for hydroxylation is 1. The Bertz CT molecular complexity index is 544. The molecular formula is C15H27N3O2S. The van der Waals surface area contributed by atoms with Gasteiger partial charge in [-0.05, 0) is 38.2 Å². The van der Waals surface area contributed by atoms with Crippen LogP contribution in [0.25, 0.3) is 0 Å². The highest BCUT2D eigenvalue weighted by molar-refractivity contribution is 7.89. The van der Waals surface area contributed by atoms with Crippen LogP contribution in [0, 0.1) is 5.92 Å². The van der Waals surface area contributed by atoms with Gasteiger partial charge in [-0.25, -0.2) is 8.42 Å². The molecule has 21 heavy (non-hydrogen) atoms. The molecule has 1 saturated heterocycles. The van der Waals surface area contributed by atoms with Crippen molar-refractivity contribution in [3.05, 3.63) is 18.0 Å². The maximum absolute atomic E-state index is 12.8. The van der Waals surface area contributed by atoms with Crippen LogP contribution in [0.4, 0.5) is 0 Å². The highest BCUT2D eigenvalue weighted by Gasteiger charge is 2.28. The molecule has 120 valence electrons. The highest BCUT2D eigenvalue weighted by atomic mass is 32.2.